The van der Waals surface area contributed by atoms with Crippen LogP contribution in [0.4, 0.5) is 5.00 Å². The molecule has 21 heavy (non-hydrogen) atoms. The van der Waals surface area contributed by atoms with E-state index in [2.05, 4.69) is 5.32 Å². The van der Waals surface area contributed by atoms with Gasteiger partial charge in [-0.15, -0.1) is 11.3 Å². The molecule has 0 spiro atoms. The summed E-state index contributed by atoms with van der Waals surface area (Å²) in [4.78, 5) is 25.8. The van der Waals surface area contributed by atoms with E-state index in [1.807, 2.05) is 6.92 Å². The summed E-state index contributed by atoms with van der Waals surface area (Å²) in [6.45, 7) is 2.41. The monoisotopic (exact) mass is 330 g/mol. The molecule has 1 atom stereocenters. The summed E-state index contributed by atoms with van der Waals surface area (Å²) in [5.74, 6) is -0.355. The van der Waals surface area contributed by atoms with Crippen LogP contribution in [0.15, 0.2) is 16.3 Å². The van der Waals surface area contributed by atoms with E-state index < -0.39 is 15.9 Å². The maximum absolute atomic E-state index is 12.4. The molecule has 2 heterocycles. The van der Waals surface area contributed by atoms with Crippen molar-refractivity contribution in [1.82, 2.24) is 4.90 Å². The van der Waals surface area contributed by atoms with Crippen molar-refractivity contribution in [3.8, 4) is 0 Å². The van der Waals surface area contributed by atoms with Gasteiger partial charge >= 0.3 is 0 Å². The second-order valence-corrected chi connectivity index (χ2v) is 7.89. The molecule has 1 aromatic rings. The second-order valence-electron chi connectivity index (χ2n) is 4.99. The van der Waals surface area contributed by atoms with Gasteiger partial charge in [-0.2, -0.15) is 0 Å². The zero-order chi connectivity index (χ0) is 15.6. The summed E-state index contributed by atoms with van der Waals surface area (Å²) in [5, 5.41) is 4.58. The van der Waals surface area contributed by atoms with Crippen molar-refractivity contribution in [3.63, 3.8) is 0 Å². The molecule has 0 aliphatic carbocycles. The van der Waals surface area contributed by atoms with Gasteiger partial charge in [0.1, 0.15) is 15.9 Å². The average molecular weight is 330 g/mol. The largest absolute Gasteiger partial charge is 0.331 e. The Morgan fingerprint density at radius 1 is 1.52 bits per heavy atom. The molecule has 0 bridgehead atoms. The summed E-state index contributed by atoms with van der Waals surface area (Å²) < 4.78 is 23.3. The van der Waals surface area contributed by atoms with Crippen molar-refractivity contribution in [2.24, 2.45) is 0 Å². The van der Waals surface area contributed by atoms with Crippen molar-refractivity contribution in [1.29, 1.82) is 0 Å². The highest BCUT2D eigenvalue weighted by molar-refractivity contribution is 7.91. The normalized spacial score (nSPS) is 17.0. The Labute approximate surface area is 128 Å². The maximum atomic E-state index is 12.4. The van der Waals surface area contributed by atoms with E-state index in [0.717, 1.165) is 24.0 Å². The molecular formula is C13H18N2O4S2. The summed E-state index contributed by atoms with van der Waals surface area (Å²) in [6.07, 6.45) is 2.83. The highest BCUT2D eigenvalue weighted by atomic mass is 32.2. The molecule has 1 N–H and O–H groups in total. The predicted molar refractivity (Wildman–Crippen MR) is 81.1 cm³/mol. The van der Waals surface area contributed by atoms with Crippen molar-refractivity contribution >= 4 is 38.0 Å². The number of likely N-dealkylation sites (tertiary alicyclic amines) is 1. The molecule has 0 aromatic carbocycles. The Balaban J connectivity index is 2.17. The van der Waals surface area contributed by atoms with Crippen LogP contribution >= 0.6 is 11.3 Å². The Bertz CT molecular complexity index is 651. The number of carbonyl (C=O) groups is 2. The zero-order valence-electron chi connectivity index (χ0n) is 12.0. The van der Waals surface area contributed by atoms with Gasteiger partial charge in [-0.05, 0) is 24.3 Å². The van der Waals surface area contributed by atoms with Gasteiger partial charge in [0.2, 0.25) is 11.8 Å². The Morgan fingerprint density at radius 2 is 2.24 bits per heavy atom. The maximum Gasteiger partial charge on any atom is 0.247 e. The van der Waals surface area contributed by atoms with Crippen LogP contribution in [-0.4, -0.2) is 44.0 Å². The number of anilines is 1. The molecule has 116 valence electrons. The van der Waals surface area contributed by atoms with Crippen LogP contribution in [0.25, 0.3) is 0 Å². The Morgan fingerprint density at radius 3 is 2.76 bits per heavy atom. The van der Waals surface area contributed by atoms with E-state index >= 15 is 0 Å². The van der Waals surface area contributed by atoms with Gasteiger partial charge in [-0.1, -0.05) is 6.92 Å². The standard InChI is InChI=1S/C13H18N2O4S2/c1-3-9(15-7-4-5-11(15)16)12(17)14-13-10(6-8-20-13)21(2,18)19/h6,8-9H,3-5,7H2,1-2H3,(H,14,17). The van der Waals surface area contributed by atoms with Crippen LogP contribution in [0.3, 0.4) is 0 Å². The zero-order valence-corrected chi connectivity index (χ0v) is 13.6. The van der Waals surface area contributed by atoms with Gasteiger partial charge in [0.15, 0.2) is 9.84 Å². The molecule has 1 aromatic heterocycles. The minimum absolute atomic E-state index is 0.0217. The molecule has 2 amide bonds. The van der Waals surface area contributed by atoms with Crippen LogP contribution in [-0.2, 0) is 19.4 Å². The lowest BCUT2D eigenvalue weighted by atomic mass is 10.2. The predicted octanol–water partition coefficient (Wildman–Crippen LogP) is 1.49. The van der Waals surface area contributed by atoms with E-state index in [0.29, 0.717) is 24.4 Å². The number of carbonyl (C=O) groups excluding carboxylic acids is 2. The molecule has 1 fully saturated rings. The molecule has 8 heteroatoms. The van der Waals surface area contributed by atoms with Gasteiger partial charge in [-0.25, -0.2) is 8.42 Å². The highest BCUT2D eigenvalue weighted by Crippen LogP contribution is 2.28. The Kier molecular flexibility index (Phi) is 4.67. The van der Waals surface area contributed by atoms with Crippen LogP contribution in [0.1, 0.15) is 26.2 Å². The first kappa shape index (κ1) is 16.0. The summed E-state index contributed by atoms with van der Waals surface area (Å²) in [5.41, 5.74) is 0. The van der Waals surface area contributed by atoms with Gasteiger partial charge in [0, 0.05) is 19.2 Å². The summed E-state index contributed by atoms with van der Waals surface area (Å²) >= 11 is 1.16. The van der Waals surface area contributed by atoms with Crippen LogP contribution < -0.4 is 5.32 Å². The van der Waals surface area contributed by atoms with E-state index in [1.165, 1.54) is 6.07 Å². The van der Waals surface area contributed by atoms with Crippen LogP contribution in [0.2, 0.25) is 0 Å². The number of rotatable bonds is 5. The van der Waals surface area contributed by atoms with E-state index in [-0.39, 0.29) is 16.7 Å². The van der Waals surface area contributed by atoms with Crippen LogP contribution in [0, 0.1) is 0 Å². The van der Waals surface area contributed by atoms with Gasteiger partial charge in [0.05, 0.1) is 0 Å². The van der Waals surface area contributed by atoms with Crippen molar-refractivity contribution in [2.45, 2.75) is 37.1 Å². The molecule has 0 saturated carbocycles. The summed E-state index contributed by atoms with van der Waals surface area (Å²) in [7, 11) is -3.38. The SMILES string of the molecule is CCC(C(=O)Nc1sccc1S(C)(=O)=O)N1CCCC1=O. The smallest absolute Gasteiger partial charge is 0.247 e. The molecule has 1 aliphatic rings. The molecule has 1 saturated heterocycles. The number of nitrogens with zero attached hydrogens (tertiary/aromatic N) is 1. The number of thiophene rings is 1. The third-order valence-corrected chi connectivity index (χ3v) is 5.54. The van der Waals surface area contributed by atoms with E-state index in [4.69, 9.17) is 0 Å². The van der Waals surface area contributed by atoms with Crippen molar-refractivity contribution in [3.05, 3.63) is 11.4 Å². The lowest BCUT2D eigenvalue weighted by Crippen LogP contribution is -2.44. The molecule has 0 radical (unpaired) electrons. The van der Waals surface area contributed by atoms with Gasteiger partial charge in [0.25, 0.3) is 0 Å². The topological polar surface area (TPSA) is 83.6 Å². The molecule has 1 unspecified atom stereocenters. The third kappa shape index (κ3) is 3.44. The fourth-order valence-corrected chi connectivity index (χ4v) is 4.49. The van der Waals surface area contributed by atoms with E-state index in [1.54, 1.807) is 10.3 Å². The van der Waals surface area contributed by atoms with E-state index in [9.17, 15) is 18.0 Å². The molecular weight excluding hydrogens is 312 g/mol. The second kappa shape index (κ2) is 6.15. The fourth-order valence-electron chi connectivity index (χ4n) is 2.42. The van der Waals surface area contributed by atoms with Crippen molar-refractivity contribution < 1.29 is 18.0 Å². The van der Waals surface area contributed by atoms with Crippen LogP contribution in [0.5, 0.6) is 0 Å². The lowest BCUT2D eigenvalue weighted by Gasteiger charge is -2.25. The average Bonchev–Trinajstić information content (AvgIpc) is 3.00. The number of nitrogens with one attached hydrogen (secondary N) is 1. The number of amides is 2. The highest BCUT2D eigenvalue weighted by Gasteiger charge is 2.32. The Hall–Kier alpha value is -1.41. The quantitative estimate of drug-likeness (QED) is 0.886. The van der Waals surface area contributed by atoms with Gasteiger partial charge < -0.3 is 10.2 Å². The third-order valence-electron chi connectivity index (χ3n) is 3.44. The minimum Gasteiger partial charge on any atom is -0.331 e. The number of hydrogen-bond acceptors (Lipinski definition) is 5. The minimum atomic E-state index is -3.38. The fraction of sp³-hybridized carbons (Fsp3) is 0.538. The summed E-state index contributed by atoms with van der Waals surface area (Å²) in [6, 6.07) is 0.923. The molecule has 6 nitrogen and oxygen atoms in total. The molecule has 1 aliphatic heterocycles. The van der Waals surface area contributed by atoms with Gasteiger partial charge in [-0.3, -0.25) is 9.59 Å². The number of hydrogen-bond donors (Lipinski definition) is 1. The lowest BCUT2D eigenvalue weighted by molar-refractivity contribution is -0.135. The first-order valence-corrected chi connectivity index (χ1v) is 9.49. The number of sulfone groups is 1. The first-order valence-electron chi connectivity index (χ1n) is 6.72. The molecule has 2 rings (SSSR count). The van der Waals surface area contributed by atoms with Crippen molar-refractivity contribution in [2.75, 3.05) is 18.1 Å². The first-order chi connectivity index (χ1) is 9.84.